The molecule has 1 amide bonds. The molecule has 0 saturated heterocycles. The van der Waals surface area contributed by atoms with Gasteiger partial charge in [0.25, 0.3) is 5.91 Å². The molecule has 1 aliphatic carbocycles. The van der Waals surface area contributed by atoms with Crippen molar-refractivity contribution in [2.75, 3.05) is 20.8 Å². The van der Waals surface area contributed by atoms with E-state index in [1.165, 1.54) is 26.4 Å². The zero-order valence-corrected chi connectivity index (χ0v) is 21.6. The van der Waals surface area contributed by atoms with Crippen LogP contribution in [0.25, 0.3) is 0 Å². The van der Waals surface area contributed by atoms with Crippen molar-refractivity contribution in [1.82, 2.24) is 15.4 Å². The van der Waals surface area contributed by atoms with E-state index in [1.807, 2.05) is 31.2 Å². The summed E-state index contributed by atoms with van der Waals surface area (Å²) in [6, 6.07) is 10.9. The van der Waals surface area contributed by atoms with Gasteiger partial charge in [-0.1, -0.05) is 31.4 Å². The highest BCUT2D eigenvalue weighted by Gasteiger charge is 2.21. The topological polar surface area (TPSA) is 145 Å². The molecule has 1 aromatic heterocycles. The second-order valence-corrected chi connectivity index (χ2v) is 8.56. The van der Waals surface area contributed by atoms with Crippen molar-refractivity contribution in [2.24, 2.45) is 22.6 Å². The molecule has 196 valence electrons. The number of carbonyl (C=O) groups is 2. The van der Waals surface area contributed by atoms with E-state index >= 15 is 0 Å². The number of hydrogen-bond donors (Lipinski definition) is 3. The van der Waals surface area contributed by atoms with Crippen LogP contribution in [0.5, 0.6) is 5.75 Å². The molecule has 0 atom stereocenters. The molecule has 1 aliphatic rings. The maximum atomic E-state index is 12.5. The third kappa shape index (κ3) is 9.53. The number of amides is 1. The van der Waals surface area contributed by atoms with Crippen LogP contribution in [0.3, 0.4) is 0 Å². The van der Waals surface area contributed by atoms with Crippen LogP contribution in [-0.2, 0) is 16.1 Å². The molecule has 0 spiro atoms. The monoisotopic (exact) mass is 498 g/mol. The average Bonchev–Trinajstić information content (AvgIpc) is 2.87. The number of esters is 1. The number of hydrogen-bond acceptors (Lipinski definition) is 8. The van der Waals surface area contributed by atoms with Crippen LogP contribution in [0.1, 0.15) is 66.3 Å². The maximum Gasteiger partial charge on any atom is 0.308 e. The van der Waals surface area contributed by atoms with Gasteiger partial charge in [0, 0.05) is 24.8 Å². The quantitative estimate of drug-likeness (QED) is 0.166. The highest BCUT2D eigenvalue weighted by atomic mass is 16.5. The van der Waals surface area contributed by atoms with Gasteiger partial charge in [-0.15, -0.1) is 5.10 Å². The largest absolute Gasteiger partial charge is 0.494 e. The summed E-state index contributed by atoms with van der Waals surface area (Å²) in [6.45, 7) is 4.66. The van der Waals surface area contributed by atoms with E-state index in [4.69, 9.17) is 16.3 Å². The minimum atomic E-state index is -0.300. The lowest BCUT2D eigenvalue weighted by Crippen LogP contribution is -2.27. The minimum absolute atomic E-state index is 0.0142. The summed E-state index contributed by atoms with van der Waals surface area (Å²) in [5.41, 5.74) is 8.33. The molecule has 1 saturated carbocycles. The summed E-state index contributed by atoms with van der Waals surface area (Å²) in [5.74, 6) is 6.34. The summed E-state index contributed by atoms with van der Waals surface area (Å²) in [6.07, 6.45) is 5.74. The summed E-state index contributed by atoms with van der Waals surface area (Å²) in [7, 11) is 3.03. The van der Waals surface area contributed by atoms with Gasteiger partial charge in [0.2, 0.25) is 0 Å². The Morgan fingerprint density at radius 3 is 2.56 bits per heavy atom. The number of methoxy groups -OCH3 is 1. The maximum absolute atomic E-state index is 12.5. The van der Waals surface area contributed by atoms with Crippen molar-refractivity contribution in [2.45, 2.75) is 52.5 Å². The molecule has 5 N–H and O–H groups in total. The minimum Gasteiger partial charge on any atom is -0.494 e. The average molecular weight is 499 g/mol. The van der Waals surface area contributed by atoms with E-state index in [0.717, 1.165) is 29.3 Å². The Morgan fingerprint density at radius 2 is 1.92 bits per heavy atom. The fourth-order valence-corrected chi connectivity index (χ4v) is 3.85. The smallest absolute Gasteiger partial charge is 0.308 e. The molecule has 10 heteroatoms. The normalized spacial score (nSPS) is 13.8. The predicted molar refractivity (Wildman–Crippen MR) is 139 cm³/mol. The predicted octanol–water partition coefficient (Wildman–Crippen LogP) is 2.88. The van der Waals surface area contributed by atoms with Crippen LogP contribution >= 0.6 is 0 Å². The summed E-state index contributed by atoms with van der Waals surface area (Å²) >= 11 is 0. The number of ether oxygens (including phenoxy) is 2. The van der Waals surface area contributed by atoms with Crippen LogP contribution in [0.4, 0.5) is 0 Å². The molecule has 1 fully saturated rings. The zero-order valence-electron chi connectivity index (χ0n) is 21.6. The molecule has 0 bridgehead atoms. The van der Waals surface area contributed by atoms with Crippen molar-refractivity contribution in [3.05, 3.63) is 58.9 Å². The highest BCUT2D eigenvalue weighted by molar-refractivity contribution is 6.00. The van der Waals surface area contributed by atoms with Crippen LogP contribution < -0.4 is 21.6 Å². The number of amidine groups is 1. The summed E-state index contributed by atoms with van der Waals surface area (Å²) in [4.78, 5) is 27.7. The molecule has 10 nitrogen and oxygen atoms in total. The Labute approximate surface area is 213 Å². The van der Waals surface area contributed by atoms with Crippen LogP contribution in [0, 0.1) is 12.8 Å². The molecule has 36 heavy (non-hydrogen) atoms. The van der Waals surface area contributed by atoms with Crippen molar-refractivity contribution < 1.29 is 19.1 Å². The first-order valence-electron chi connectivity index (χ1n) is 12.1. The van der Waals surface area contributed by atoms with E-state index in [9.17, 15) is 9.59 Å². The fourth-order valence-electron chi connectivity index (χ4n) is 3.85. The molecular formula is C26H38N6O4. The van der Waals surface area contributed by atoms with E-state index in [0.29, 0.717) is 24.4 Å². The number of carbonyl (C=O) groups excluding carboxylic acids is 2. The van der Waals surface area contributed by atoms with Crippen molar-refractivity contribution >= 4 is 17.7 Å². The van der Waals surface area contributed by atoms with E-state index in [-0.39, 0.29) is 29.3 Å². The summed E-state index contributed by atoms with van der Waals surface area (Å²) in [5, 5.41) is 7.90. The molecule has 3 rings (SSSR count). The van der Waals surface area contributed by atoms with Gasteiger partial charge in [0.05, 0.1) is 19.6 Å². The van der Waals surface area contributed by atoms with Gasteiger partial charge >= 0.3 is 5.97 Å². The number of hydrazone groups is 1. The number of nitrogens with zero attached hydrogens (tertiary/aromatic N) is 3. The van der Waals surface area contributed by atoms with Gasteiger partial charge in [-0.3, -0.25) is 9.59 Å². The molecule has 1 aromatic carbocycles. The first-order chi connectivity index (χ1) is 17.2. The zero-order chi connectivity index (χ0) is 26.5. The van der Waals surface area contributed by atoms with Gasteiger partial charge in [0.1, 0.15) is 11.4 Å². The Bertz CT molecular complexity index is 1030. The van der Waals surface area contributed by atoms with Gasteiger partial charge in [-0.2, -0.15) is 0 Å². The lowest BCUT2D eigenvalue weighted by atomic mass is 9.89. The first kappa shape index (κ1) is 28.6. The third-order valence-corrected chi connectivity index (χ3v) is 5.55. The fraction of sp³-hybridized carbons (Fsp3) is 0.462. The Morgan fingerprint density at radius 1 is 1.19 bits per heavy atom. The van der Waals surface area contributed by atoms with E-state index in [1.54, 1.807) is 26.1 Å². The molecular weight excluding hydrogens is 460 g/mol. The lowest BCUT2D eigenvalue weighted by Gasteiger charge is -2.18. The number of nitrogens with two attached hydrogens (primary N) is 2. The number of pyridine rings is 1. The van der Waals surface area contributed by atoms with Gasteiger partial charge in [-0.25, -0.2) is 15.9 Å². The number of aromatic nitrogens is 1. The van der Waals surface area contributed by atoms with Gasteiger partial charge in [0.15, 0.2) is 5.84 Å². The second-order valence-electron chi connectivity index (χ2n) is 8.56. The first-order valence-corrected chi connectivity index (χ1v) is 12.1. The molecule has 0 aliphatic heterocycles. The third-order valence-electron chi connectivity index (χ3n) is 5.55. The molecule has 2 aromatic rings. The van der Waals surface area contributed by atoms with Crippen LogP contribution in [0.15, 0.2) is 41.5 Å². The number of hydrazine groups is 1. The van der Waals surface area contributed by atoms with Gasteiger partial charge in [-0.05, 0) is 56.5 Å². The molecule has 0 radical (unpaired) electrons. The Kier molecular flexibility index (Phi) is 11.6. The SMILES string of the molecule is CCOc1cccc(CNC(=O)c2cc(/C(N)=N/N(C)N)cc(C)n2)c1.COC(=O)C1CCCCC1. The number of rotatable bonds is 8. The lowest BCUT2D eigenvalue weighted by molar-refractivity contribution is -0.146. The Balaban J connectivity index is 0.000000380. The summed E-state index contributed by atoms with van der Waals surface area (Å²) < 4.78 is 10.1. The molecule has 1 heterocycles. The standard InChI is InChI=1S/C18H24N6O2.C8H14O2/c1-4-26-15-7-5-6-13(9-15)11-21-18(25)16-10-14(8-12(2)22-16)17(19)23-24(3)20;1-10-8(9)7-5-3-2-4-6-7/h5-10H,4,11,20H2,1-3H3,(H2,19,23)(H,21,25);7H,2-6H2,1H3. The van der Waals surface area contributed by atoms with Gasteiger partial charge < -0.3 is 20.5 Å². The number of benzene rings is 1. The van der Waals surface area contributed by atoms with Crippen molar-refractivity contribution in [1.29, 1.82) is 0 Å². The van der Waals surface area contributed by atoms with Crippen LogP contribution in [0.2, 0.25) is 0 Å². The van der Waals surface area contributed by atoms with Crippen molar-refractivity contribution in [3.63, 3.8) is 0 Å². The van der Waals surface area contributed by atoms with Crippen molar-refractivity contribution in [3.8, 4) is 5.75 Å². The van der Waals surface area contributed by atoms with E-state index < -0.39 is 0 Å². The number of aryl methyl sites for hydroxylation is 1. The highest BCUT2D eigenvalue weighted by Crippen LogP contribution is 2.24. The Hall–Kier alpha value is -3.66. The number of nitrogens with one attached hydrogen (secondary N) is 1. The molecule has 0 unspecified atom stereocenters. The van der Waals surface area contributed by atoms with E-state index in [2.05, 4.69) is 20.1 Å². The second kappa shape index (κ2) is 14.7. The van der Waals surface area contributed by atoms with Crippen LogP contribution in [-0.4, -0.2) is 48.6 Å².